The molecule has 0 aromatic heterocycles. The number of ether oxygens (including phenoxy) is 2. The molecule has 0 aliphatic heterocycles. The Morgan fingerprint density at radius 2 is 1.72 bits per heavy atom. The van der Waals surface area contributed by atoms with E-state index < -0.39 is 0 Å². The maximum Gasteiger partial charge on any atom is 0.161 e. The van der Waals surface area contributed by atoms with Crippen molar-refractivity contribution in [1.82, 2.24) is 0 Å². The lowest BCUT2D eigenvalue weighted by molar-refractivity contribution is 0.223. The van der Waals surface area contributed by atoms with Gasteiger partial charge < -0.3 is 15.2 Å². The predicted molar refractivity (Wildman–Crippen MR) is 75.1 cm³/mol. The van der Waals surface area contributed by atoms with Crippen LogP contribution in [0.1, 0.15) is 27.2 Å². The van der Waals surface area contributed by atoms with Crippen LogP contribution in [0.2, 0.25) is 0 Å². The number of hydrogen-bond acceptors (Lipinski definition) is 3. The van der Waals surface area contributed by atoms with Crippen molar-refractivity contribution in [3.05, 3.63) is 24.3 Å². The summed E-state index contributed by atoms with van der Waals surface area (Å²) < 4.78 is 11.0. The van der Waals surface area contributed by atoms with E-state index in [4.69, 9.17) is 15.2 Å². The predicted octanol–water partition coefficient (Wildman–Crippen LogP) is 3.08. The van der Waals surface area contributed by atoms with E-state index in [0.717, 1.165) is 17.9 Å². The van der Waals surface area contributed by atoms with Crippen LogP contribution in [-0.4, -0.2) is 19.8 Å². The molecule has 0 saturated heterocycles. The van der Waals surface area contributed by atoms with Crippen LogP contribution in [-0.2, 0) is 0 Å². The Bertz CT molecular complexity index is 342. The number of benzene rings is 1. The Balaban J connectivity index is 2.50. The van der Waals surface area contributed by atoms with Gasteiger partial charge in [0.2, 0.25) is 0 Å². The van der Waals surface area contributed by atoms with Gasteiger partial charge in [0.15, 0.2) is 11.5 Å². The summed E-state index contributed by atoms with van der Waals surface area (Å²) in [6.07, 6.45) is 0.966. The van der Waals surface area contributed by atoms with Crippen molar-refractivity contribution in [2.24, 2.45) is 17.6 Å². The van der Waals surface area contributed by atoms with Gasteiger partial charge in [0, 0.05) is 6.04 Å². The first-order chi connectivity index (χ1) is 8.56. The molecule has 0 aliphatic rings. The Morgan fingerprint density at radius 1 is 1.11 bits per heavy atom. The molecule has 3 heteroatoms. The summed E-state index contributed by atoms with van der Waals surface area (Å²) in [5, 5.41) is 0. The minimum atomic E-state index is 0.200. The molecule has 0 spiro atoms. The van der Waals surface area contributed by atoms with Crippen LogP contribution in [0.5, 0.6) is 11.5 Å². The molecule has 1 rings (SSSR count). The van der Waals surface area contributed by atoms with E-state index in [1.807, 2.05) is 24.3 Å². The monoisotopic (exact) mass is 251 g/mol. The van der Waals surface area contributed by atoms with Gasteiger partial charge in [-0.05, 0) is 37.3 Å². The van der Waals surface area contributed by atoms with Gasteiger partial charge in [-0.3, -0.25) is 0 Å². The van der Waals surface area contributed by atoms with Gasteiger partial charge in [-0.1, -0.05) is 26.0 Å². The summed E-state index contributed by atoms with van der Waals surface area (Å²) in [4.78, 5) is 0. The molecule has 0 aliphatic carbocycles. The number of methoxy groups -OCH3 is 1. The highest BCUT2D eigenvalue weighted by atomic mass is 16.5. The van der Waals surface area contributed by atoms with Crippen LogP contribution in [0.3, 0.4) is 0 Å². The van der Waals surface area contributed by atoms with Crippen molar-refractivity contribution in [3.63, 3.8) is 0 Å². The zero-order valence-corrected chi connectivity index (χ0v) is 11.8. The Hall–Kier alpha value is -1.22. The average molecular weight is 251 g/mol. The Labute approximate surface area is 110 Å². The third kappa shape index (κ3) is 4.22. The molecule has 2 unspecified atom stereocenters. The van der Waals surface area contributed by atoms with E-state index in [0.29, 0.717) is 18.4 Å². The highest BCUT2D eigenvalue weighted by molar-refractivity contribution is 5.39. The largest absolute Gasteiger partial charge is 0.493 e. The highest BCUT2D eigenvalue weighted by Gasteiger charge is 2.17. The number of nitrogens with two attached hydrogens (primary N) is 1. The second kappa shape index (κ2) is 7.27. The fraction of sp³-hybridized carbons (Fsp3) is 0.600. The summed E-state index contributed by atoms with van der Waals surface area (Å²) in [6.45, 7) is 7.15. The fourth-order valence-electron chi connectivity index (χ4n) is 2.25. The first kappa shape index (κ1) is 14.8. The zero-order chi connectivity index (χ0) is 13.5. The number of rotatable bonds is 7. The molecule has 0 saturated carbocycles. The molecule has 2 atom stereocenters. The minimum Gasteiger partial charge on any atom is -0.493 e. The lowest BCUT2D eigenvalue weighted by Gasteiger charge is -2.24. The van der Waals surface area contributed by atoms with Gasteiger partial charge >= 0.3 is 0 Å². The van der Waals surface area contributed by atoms with E-state index in [1.165, 1.54) is 0 Å². The first-order valence-corrected chi connectivity index (χ1v) is 6.57. The van der Waals surface area contributed by atoms with Crippen molar-refractivity contribution in [2.75, 3.05) is 13.7 Å². The van der Waals surface area contributed by atoms with E-state index in [9.17, 15) is 0 Å². The highest BCUT2D eigenvalue weighted by Crippen LogP contribution is 2.26. The second-order valence-corrected chi connectivity index (χ2v) is 5.05. The average Bonchev–Trinajstić information content (AvgIpc) is 2.34. The standard InChI is InChI=1S/C15H25NO2/c1-11(2)13(12(3)16)9-10-18-15-8-6-5-7-14(15)17-4/h5-8,11-13H,9-10,16H2,1-4H3. The van der Waals surface area contributed by atoms with Crippen LogP contribution in [0.25, 0.3) is 0 Å². The van der Waals surface area contributed by atoms with Crippen molar-refractivity contribution in [1.29, 1.82) is 0 Å². The van der Waals surface area contributed by atoms with Gasteiger partial charge in [-0.15, -0.1) is 0 Å². The molecule has 18 heavy (non-hydrogen) atoms. The summed E-state index contributed by atoms with van der Waals surface area (Å²) >= 11 is 0. The van der Waals surface area contributed by atoms with E-state index >= 15 is 0 Å². The molecule has 3 nitrogen and oxygen atoms in total. The molecule has 0 bridgehead atoms. The normalized spacial score (nSPS) is 14.3. The molecule has 1 aromatic carbocycles. The third-order valence-corrected chi connectivity index (χ3v) is 3.31. The Kier molecular flexibility index (Phi) is 5.99. The summed E-state index contributed by atoms with van der Waals surface area (Å²) in [7, 11) is 1.65. The Morgan fingerprint density at radius 3 is 2.22 bits per heavy atom. The van der Waals surface area contributed by atoms with Crippen LogP contribution in [0.4, 0.5) is 0 Å². The van der Waals surface area contributed by atoms with Crippen LogP contribution in [0, 0.1) is 11.8 Å². The lowest BCUT2D eigenvalue weighted by atomic mass is 9.87. The molecule has 0 radical (unpaired) electrons. The van der Waals surface area contributed by atoms with Gasteiger partial charge in [0.05, 0.1) is 13.7 Å². The SMILES string of the molecule is COc1ccccc1OCCC(C(C)C)C(C)N. The molecular formula is C15H25NO2. The van der Waals surface area contributed by atoms with Gasteiger partial charge in [0.1, 0.15) is 0 Å². The summed E-state index contributed by atoms with van der Waals surface area (Å²) in [6, 6.07) is 7.91. The molecule has 1 aromatic rings. The number of hydrogen-bond donors (Lipinski definition) is 1. The molecule has 0 amide bonds. The lowest BCUT2D eigenvalue weighted by Crippen LogP contribution is -2.31. The fourth-order valence-corrected chi connectivity index (χ4v) is 2.25. The van der Waals surface area contributed by atoms with E-state index in [-0.39, 0.29) is 6.04 Å². The van der Waals surface area contributed by atoms with Crippen molar-refractivity contribution < 1.29 is 9.47 Å². The van der Waals surface area contributed by atoms with Crippen LogP contribution >= 0.6 is 0 Å². The van der Waals surface area contributed by atoms with Gasteiger partial charge in [-0.2, -0.15) is 0 Å². The molecular weight excluding hydrogens is 226 g/mol. The van der Waals surface area contributed by atoms with E-state index in [2.05, 4.69) is 20.8 Å². The molecule has 102 valence electrons. The molecule has 2 N–H and O–H groups in total. The van der Waals surface area contributed by atoms with Crippen LogP contribution < -0.4 is 15.2 Å². The van der Waals surface area contributed by atoms with Crippen LogP contribution in [0.15, 0.2) is 24.3 Å². The second-order valence-electron chi connectivity index (χ2n) is 5.05. The minimum absolute atomic E-state index is 0.200. The van der Waals surface area contributed by atoms with Crippen molar-refractivity contribution in [2.45, 2.75) is 33.2 Å². The van der Waals surface area contributed by atoms with E-state index in [1.54, 1.807) is 7.11 Å². The maximum atomic E-state index is 5.99. The maximum absolute atomic E-state index is 5.99. The summed E-state index contributed by atoms with van der Waals surface area (Å²) in [5.41, 5.74) is 5.99. The quantitative estimate of drug-likeness (QED) is 0.810. The van der Waals surface area contributed by atoms with Crippen molar-refractivity contribution in [3.8, 4) is 11.5 Å². The van der Waals surface area contributed by atoms with Crippen molar-refractivity contribution >= 4 is 0 Å². The topological polar surface area (TPSA) is 44.5 Å². The van der Waals surface area contributed by atoms with Gasteiger partial charge in [-0.25, -0.2) is 0 Å². The first-order valence-electron chi connectivity index (χ1n) is 6.57. The number of para-hydroxylation sites is 2. The zero-order valence-electron chi connectivity index (χ0n) is 11.8. The third-order valence-electron chi connectivity index (χ3n) is 3.31. The van der Waals surface area contributed by atoms with Gasteiger partial charge in [0.25, 0.3) is 0 Å². The molecule has 0 heterocycles. The smallest absolute Gasteiger partial charge is 0.161 e. The molecule has 0 fully saturated rings. The summed E-state index contributed by atoms with van der Waals surface area (Å²) in [5.74, 6) is 2.64.